The molecule has 1 saturated carbocycles. The van der Waals surface area contributed by atoms with Crippen LogP contribution in [0.2, 0.25) is 0 Å². The molecule has 0 radical (unpaired) electrons. The number of nitrogens with zero attached hydrogens (tertiary/aromatic N) is 5. The summed E-state index contributed by atoms with van der Waals surface area (Å²) in [7, 11) is 1.55. The van der Waals surface area contributed by atoms with Gasteiger partial charge in [0.25, 0.3) is 0 Å². The Morgan fingerprint density at radius 1 is 1.03 bits per heavy atom. The van der Waals surface area contributed by atoms with Crippen LogP contribution in [0.5, 0.6) is 11.6 Å². The molecule has 1 unspecified atom stereocenters. The number of hydrogen-bond donors (Lipinski definition) is 2. The van der Waals surface area contributed by atoms with Gasteiger partial charge in [-0.1, -0.05) is 19.9 Å². The number of rotatable bonds is 6. The Kier molecular flexibility index (Phi) is 5.62. The molecule has 0 bridgehead atoms. The van der Waals surface area contributed by atoms with E-state index in [0.29, 0.717) is 34.6 Å². The van der Waals surface area contributed by atoms with E-state index in [-0.39, 0.29) is 5.75 Å². The summed E-state index contributed by atoms with van der Waals surface area (Å²) in [6, 6.07) is 12.3. The van der Waals surface area contributed by atoms with Crippen LogP contribution in [-0.2, 0) is 0 Å². The molecule has 2 fully saturated rings. The molecular formula is C25H30N6O2. The summed E-state index contributed by atoms with van der Waals surface area (Å²) in [6.07, 6.45) is 5.27. The average Bonchev–Trinajstić information content (AvgIpc) is 3.26. The first-order valence-electron chi connectivity index (χ1n) is 11.5. The van der Waals surface area contributed by atoms with Gasteiger partial charge in [0.05, 0.1) is 19.0 Å². The van der Waals surface area contributed by atoms with Crippen molar-refractivity contribution in [3.63, 3.8) is 0 Å². The number of ether oxygens (including phenoxy) is 1. The van der Waals surface area contributed by atoms with Crippen LogP contribution in [0, 0.1) is 5.41 Å². The number of phenols is 1. The minimum absolute atomic E-state index is 0.138. The van der Waals surface area contributed by atoms with Crippen LogP contribution in [0.25, 0.3) is 22.4 Å². The first-order valence-corrected chi connectivity index (χ1v) is 11.5. The van der Waals surface area contributed by atoms with Gasteiger partial charge in [0, 0.05) is 42.4 Å². The maximum Gasteiger partial charge on any atom is 0.233 e. The summed E-state index contributed by atoms with van der Waals surface area (Å²) in [5.74, 6) is 1.44. The predicted octanol–water partition coefficient (Wildman–Crippen LogP) is 3.67. The Labute approximate surface area is 194 Å². The van der Waals surface area contributed by atoms with Gasteiger partial charge in [0.1, 0.15) is 5.75 Å². The maximum absolute atomic E-state index is 10.6. The number of phenolic OH excluding ortho intramolecular Hbond substituents is 1. The summed E-state index contributed by atoms with van der Waals surface area (Å²) in [6.45, 7) is 6.60. The SMILES string of the molecule is COc1cc(-c2ccc(-c3ccc(N4CCC(NC5CC(C)(C)C5)C4)nn3)c(O)c2)cnn1. The van der Waals surface area contributed by atoms with E-state index >= 15 is 0 Å². The van der Waals surface area contributed by atoms with Gasteiger partial charge < -0.3 is 20.1 Å². The minimum Gasteiger partial charge on any atom is -0.507 e. The Balaban J connectivity index is 1.25. The highest BCUT2D eigenvalue weighted by Gasteiger charge is 2.38. The minimum atomic E-state index is 0.138. The third kappa shape index (κ3) is 4.61. The molecule has 8 nitrogen and oxygen atoms in total. The maximum atomic E-state index is 10.6. The number of nitrogens with one attached hydrogen (secondary N) is 1. The molecule has 5 rings (SSSR count). The number of aromatic nitrogens is 4. The second kappa shape index (κ2) is 8.59. The van der Waals surface area contributed by atoms with Crippen LogP contribution in [0.4, 0.5) is 5.82 Å². The van der Waals surface area contributed by atoms with Gasteiger partial charge in [-0.05, 0) is 54.5 Å². The summed E-state index contributed by atoms with van der Waals surface area (Å²) < 4.78 is 5.13. The molecule has 1 saturated heterocycles. The third-order valence-corrected chi connectivity index (χ3v) is 6.68. The van der Waals surface area contributed by atoms with E-state index in [1.54, 1.807) is 25.4 Å². The van der Waals surface area contributed by atoms with Crippen LogP contribution in [-0.4, -0.2) is 57.8 Å². The lowest BCUT2D eigenvalue weighted by molar-refractivity contribution is 0.118. The standard InChI is InChI=1S/C25H30N6O2/c1-25(2)12-19(13-25)27-18-8-9-31(15-18)23-7-6-21(28-29-23)20-5-4-16(10-22(20)32)17-11-24(33-3)30-26-14-17/h4-7,10-11,14,18-19,27,32H,8-9,12-13,15H2,1-3H3. The van der Waals surface area contributed by atoms with Gasteiger partial charge in [0.15, 0.2) is 5.82 Å². The molecule has 1 aliphatic carbocycles. The van der Waals surface area contributed by atoms with E-state index in [1.165, 1.54) is 12.8 Å². The summed E-state index contributed by atoms with van der Waals surface area (Å²) in [4.78, 5) is 2.28. The van der Waals surface area contributed by atoms with Gasteiger partial charge in [-0.25, -0.2) is 0 Å². The molecule has 8 heteroatoms. The van der Waals surface area contributed by atoms with Crippen molar-refractivity contribution in [2.75, 3.05) is 25.1 Å². The van der Waals surface area contributed by atoms with Crippen molar-refractivity contribution in [1.29, 1.82) is 0 Å². The first-order chi connectivity index (χ1) is 15.9. The van der Waals surface area contributed by atoms with Crippen molar-refractivity contribution in [2.45, 2.75) is 45.2 Å². The van der Waals surface area contributed by atoms with Crippen LogP contribution in [0.1, 0.15) is 33.1 Å². The Morgan fingerprint density at radius 3 is 2.58 bits per heavy atom. The highest BCUT2D eigenvalue weighted by atomic mass is 16.5. The van der Waals surface area contributed by atoms with Crippen LogP contribution >= 0.6 is 0 Å². The zero-order chi connectivity index (χ0) is 23.0. The lowest BCUT2D eigenvalue weighted by Crippen LogP contribution is -2.50. The number of benzene rings is 1. The Morgan fingerprint density at radius 2 is 1.88 bits per heavy atom. The van der Waals surface area contributed by atoms with Gasteiger partial charge in [0.2, 0.25) is 5.88 Å². The highest BCUT2D eigenvalue weighted by molar-refractivity contribution is 5.74. The molecule has 2 aliphatic rings. The lowest BCUT2D eigenvalue weighted by Gasteiger charge is -2.44. The number of aromatic hydroxyl groups is 1. The van der Waals surface area contributed by atoms with Crippen molar-refractivity contribution < 1.29 is 9.84 Å². The van der Waals surface area contributed by atoms with Crippen LogP contribution in [0.3, 0.4) is 0 Å². The molecule has 0 spiro atoms. The van der Waals surface area contributed by atoms with E-state index in [1.807, 2.05) is 24.3 Å². The molecule has 172 valence electrons. The zero-order valence-electron chi connectivity index (χ0n) is 19.3. The summed E-state index contributed by atoms with van der Waals surface area (Å²) >= 11 is 0. The number of methoxy groups -OCH3 is 1. The average molecular weight is 447 g/mol. The molecule has 0 amide bonds. The lowest BCUT2D eigenvalue weighted by atomic mass is 9.68. The second-order valence-electron chi connectivity index (χ2n) is 9.86. The monoisotopic (exact) mass is 446 g/mol. The van der Waals surface area contributed by atoms with Crippen LogP contribution in [0.15, 0.2) is 42.6 Å². The number of anilines is 1. The molecule has 33 heavy (non-hydrogen) atoms. The highest BCUT2D eigenvalue weighted by Crippen LogP contribution is 2.40. The Hall–Kier alpha value is -3.26. The first kappa shape index (κ1) is 21.6. The molecule has 2 aromatic heterocycles. The molecule has 2 N–H and O–H groups in total. The fourth-order valence-electron chi connectivity index (χ4n) is 5.00. The summed E-state index contributed by atoms with van der Waals surface area (Å²) in [5.41, 5.74) is 3.40. The topological polar surface area (TPSA) is 96.3 Å². The number of hydrogen-bond acceptors (Lipinski definition) is 8. The van der Waals surface area contributed by atoms with Gasteiger partial charge in [-0.15, -0.1) is 15.3 Å². The quantitative estimate of drug-likeness (QED) is 0.592. The third-order valence-electron chi connectivity index (χ3n) is 6.68. The zero-order valence-corrected chi connectivity index (χ0v) is 19.3. The van der Waals surface area contributed by atoms with E-state index in [2.05, 4.69) is 44.5 Å². The molecule has 1 atom stereocenters. The van der Waals surface area contributed by atoms with E-state index in [0.717, 1.165) is 36.5 Å². The van der Waals surface area contributed by atoms with Crippen molar-refractivity contribution >= 4 is 5.82 Å². The summed E-state index contributed by atoms with van der Waals surface area (Å²) in [5, 5.41) is 31.1. The predicted molar refractivity (Wildman–Crippen MR) is 127 cm³/mol. The fourth-order valence-corrected chi connectivity index (χ4v) is 5.00. The van der Waals surface area contributed by atoms with Gasteiger partial charge in [-0.3, -0.25) is 0 Å². The molecule has 3 heterocycles. The Bertz CT molecular complexity index is 1130. The normalized spacial score (nSPS) is 20.0. The smallest absolute Gasteiger partial charge is 0.233 e. The van der Waals surface area contributed by atoms with E-state index < -0.39 is 0 Å². The van der Waals surface area contributed by atoms with Crippen molar-refractivity contribution in [3.8, 4) is 34.0 Å². The van der Waals surface area contributed by atoms with E-state index in [9.17, 15) is 5.11 Å². The second-order valence-corrected chi connectivity index (χ2v) is 9.86. The van der Waals surface area contributed by atoms with E-state index in [4.69, 9.17) is 4.74 Å². The molecule has 1 aromatic carbocycles. The van der Waals surface area contributed by atoms with Gasteiger partial charge >= 0.3 is 0 Å². The van der Waals surface area contributed by atoms with Gasteiger partial charge in [-0.2, -0.15) is 5.10 Å². The van der Waals surface area contributed by atoms with Crippen molar-refractivity contribution in [1.82, 2.24) is 25.7 Å². The largest absolute Gasteiger partial charge is 0.507 e. The van der Waals surface area contributed by atoms with Crippen molar-refractivity contribution in [3.05, 3.63) is 42.6 Å². The molecular weight excluding hydrogens is 416 g/mol. The van der Waals surface area contributed by atoms with Crippen LogP contribution < -0.4 is 15.0 Å². The van der Waals surface area contributed by atoms with Crippen molar-refractivity contribution in [2.24, 2.45) is 5.41 Å². The molecule has 1 aliphatic heterocycles. The molecule has 3 aromatic rings. The fraction of sp³-hybridized carbons (Fsp3) is 0.440.